The van der Waals surface area contributed by atoms with Crippen molar-refractivity contribution in [3.05, 3.63) is 83.9 Å². The van der Waals surface area contributed by atoms with Gasteiger partial charge in [0.1, 0.15) is 0 Å². The minimum absolute atomic E-state index is 0.568. The van der Waals surface area contributed by atoms with Crippen molar-refractivity contribution < 1.29 is 0 Å². The summed E-state index contributed by atoms with van der Waals surface area (Å²) in [7, 11) is 0. The van der Waals surface area contributed by atoms with Gasteiger partial charge in [0.2, 0.25) is 0 Å². The normalized spacial score (nSPS) is 10.5. The average Bonchev–Trinajstić information content (AvgIpc) is 2.63. The first-order valence-electron chi connectivity index (χ1n) is 8.04. The highest BCUT2D eigenvalue weighted by molar-refractivity contribution is 7.80. The smallest absolute Gasteiger partial charge is 0.183 e. The Morgan fingerprint density at radius 3 is 2.46 bits per heavy atom. The van der Waals surface area contributed by atoms with Gasteiger partial charge in [-0.25, -0.2) is 5.84 Å². The van der Waals surface area contributed by atoms with E-state index in [0.717, 1.165) is 13.0 Å². The zero-order valence-corrected chi connectivity index (χ0v) is 14.3. The van der Waals surface area contributed by atoms with E-state index in [2.05, 4.69) is 47.8 Å². The van der Waals surface area contributed by atoms with Crippen molar-refractivity contribution in [2.45, 2.75) is 13.0 Å². The van der Waals surface area contributed by atoms with Gasteiger partial charge in [0.15, 0.2) is 5.11 Å². The zero-order chi connectivity index (χ0) is 16.8. The summed E-state index contributed by atoms with van der Waals surface area (Å²) < 4.78 is 0. The zero-order valence-electron chi connectivity index (χ0n) is 13.5. The monoisotopic (exact) mass is 335 g/mol. The van der Waals surface area contributed by atoms with Crippen molar-refractivity contribution >= 4 is 28.1 Å². The molecule has 0 radical (unpaired) electrons. The lowest BCUT2D eigenvalue weighted by molar-refractivity contribution is 0.427. The molecular formula is C20H21N3S. The molecule has 0 aliphatic carbocycles. The Morgan fingerprint density at radius 1 is 0.917 bits per heavy atom. The van der Waals surface area contributed by atoms with Gasteiger partial charge in [0.05, 0.1) is 6.54 Å². The number of thiocarbonyl (C=S) groups is 1. The summed E-state index contributed by atoms with van der Waals surface area (Å²) in [6.07, 6.45) is 0.920. The van der Waals surface area contributed by atoms with E-state index in [0.29, 0.717) is 11.7 Å². The third-order valence-electron chi connectivity index (χ3n) is 4.01. The molecule has 0 aliphatic heterocycles. The molecule has 3 aromatic carbocycles. The van der Waals surface area contributed by atoms with E-state index >= 15 is 0 Å². The number of rotatable bonds is 5. The summed E-state index contributed by atoms with van der Waals surface area (Å²) in [6, 6.07) is 24.9. The van der Waals surface area contributed by atoms with Crippen molar-refractivity contribution in [1.82, 2.24) is 10.3 Å². The predicted octanol–water partition coefficient (Wildman–Crippen LogP) is 3.63. The highest BCUT2D eigenvalue weighted by Crippen LogP contribution is 2.19. The van der Waals surface area contributed by atoms with Gasteiger partial charge in [0.25, 0.3) is 0 Å². The van der Waals surface area contributed by atoms with Crippen molar-refractivity contribution in [2.75, 3.05) is 6.54 Å². The molecule has 24 heavy (non-hydrogen) atoms. The molecule has 0 heterocycles. The van der Waals surface area contributed by atoms with Gasteiger partial charge in [-0.05, 0) is 40.5 Å². The Labute approximate surface area is 148 Å². The van der Waals surface area contributed by atoms with E-state index < -0.39 is 0 Å². The molecule has 0 atom stereocenters. The van der Waals surface area contributed by atoms with Gasteiger partial charge in [-0.1, -0.05) is 72.8 Å². The second-order valence-electron chi connectivity index (χ2n) is 5.73. The van der Waals surface area contributed by atoms with E-state index in [1.807, 2.05) is 30.3 Å². The van der Waals surface area contributed by atoms with Crippen molar-refractivity contribution in [1.29, 1.82) is 0 Å². The Bertz CT molecular complexity index is 812. The first-order chi connectivity index (χ1) is 11.7. The molecule has 0 aromatic heterocycles. The highest BCUT2D eigenvalue weighted by Gasteiger charge is 2.08. The van der Waals surface area contributed by atoms with Gasteiger partial charge in [-0.15, -0.1) is 0 Å². The number of nitrogens with one attached hydrogen (secondary N) is 1. The predicted molar refractivity (Wildman–Crippen MR) is 104 cm³/mol. The Morgan fingerprint density at radius 2 is 1.62 bits per heavy atom. The van der Waals surface area contributed by atoms with Crippen molar-refractivity contribution in [3.8, 4) is 0 Å². The summed E-state index contributed by atoms with van der Waals surface area (Å²) in [5.74, 6) is 6.15. The minimum atomic E-state index is 0.568. The number of hydrogen-bond acceptors (Lipinski definition) is 2. The maximum atomic E-state index is 6.15. The van der Waals surface area contributed by atoms with Crippen molar-refractivity contribution in [2.24, 2.45) is 5.84 Å². The number of nitrogens with two attached hydrogens (primary N) is 1. The van der Waals surface area contributed by atoms with Crippen LogP contribution in [0, 0.1) is 0 Å². The molecule has 0 spiro atoms. The molecule has 3 nitrogen and oxygen atoms in total. The van der Waals surface area contributed by atoms with Gasteiger partial charge >= 0.3 is 0 Å². The quantitative estimate of drug-likeness (QED) is 0.424. The number of hydrazine groups is 1. The van der Waals surface area contributed by atoms with Crippen LogP contribution in [0.3, 0.4) is 0 Å². The number of fused-ring (bicyclic) bond motifs is 1. The maximum absolute atomic E-state index is 6.15. The van der Waals surface area contributed by atoms with Crippen LogP contribution in [0.2, 0.25) is 0 Å². The lowest BCUT2D eigenvalue weighted by atomic mass is 10.0. The van der Waals surface area contributed by atoms with E-state index in [-0.39, 0.29) is 0 Å². The highest BCUT2D eigenvalue weighted by atomic mass is 32.1. The SMILES string of the molecule is NN(Cc1cccc2ccccc12)C(=S)NCCc1ccccc1. The topological polar surface area (TPSA) is 41.3 Å². The Hall–Kier alpha value is -2.43. The minimum Gasteiger partial charge on any atom is -0.361 e. The molecule has 0 unspecified atom stereocenters. The maximum Gasteiger partial charge on any atom is 0.183 e. The van der Waals surface area contributed by atoms with Gasteiger partial charge in [-0.2, -0.15) is 0 Å². The van der Waals surface area contributed by atoms with Gasteiger partial charge in [-0.3, -0.25) is 5.01 Å². The average molecular weight is 335 g/mol. The molecule has 0 saturated carbocycles. The Balaban J connectivity index is 1.57. The van der Waals surface area contributed by atoms with Gasteiger partial charge < -0.3 is 5.32 Å². The third kappa shape index (κ3) is 4.10. The van der Waals surface area contributed by atoms with Crippen LogP contribution >= 0.6 is 12.2 Å². The Kier molecular flexibility index (Phi) is 5.41. The van der Waals surface area contributed by atoms with Crippen LogP contribution in [0.15, 0.2) is 72.8 Å². The molecule has 4 heteroatoms. The summed E-state index contributed by atoms with van der Waals surface area (Å²) in [4.78, 5) is 0. The molecule has 0 aliphatic rings. The molecular weight excluding hydrogens is 314 g/mol. The molecule has 3 rings (SSSR count). The first-order valence-corrected chi connectivity index (χ1v) is 8.45. The molecule has 0 saturated heterocycles. The number of hydrogen-bond donors (Lipinski definition) is 2. The first kappa shape index (κ1) is 16.4. The standard InChI is InChI=1S/C20H21N3S/c21-23(20(24)22-14-13-16-7-2-1-3-8-16)15-18-11-6-10-17-9-4-5-12-19(17)18/h1-12H,13-15,21H2,(H,22,24). The fraction of sp³-hybridized carbons (Fsp3) is 0.150. The van der Waals surface area contributed by atoms with Crippen LogP contribution in [-0.2, 0) is 13.0 Å². The molecule has 3 aromatic rings. The molecule has 0 fully saturated rings. The largest absolute Gasteiger partial charge is 0.361 e. The molecule has 122 valence electrons. The molecule has 0 amide bonds. The van der Waals surface area contributed by atoms with Crippen LogP contribution in [0.5, 0.6) is 0 Å². The van der Waals surface area contributed by atoms with Crippen LogP contribution in [0.4, 0.5) is 0 Å². The molecule has 3 N–H and O–H groups in total. The number of benzene rings is 3. The van der Waals surface area contributed by atoms with Crippen LogP contribution < -0.4 is 11.2 Å². The molecule has 0 bridgehead atoms. The lowest BCUT2D eigenvalue weighted by Gasteiger charge is -2.21. The van der Waals surface area contributed by atoms with E-state index in [4.69, 9.17) is 18.1 Å². The van der Waals surface area contributed by atoms with Crippen LogP contribution in [0.25, 0.3) is 10.8 Å². The third-order valence-corrected chi connectivity index (χ3v) is 4.39. The summed E-state index contributed by atoms with van der Waals surface area (Å²) in [5, 5.41) is 7.82. The lowest BCUT2D eigenvalue weighted by Crippen LogP contribution is -2.44. The van der Waals surface area contributed by atoms with Crippen LogP contribution in [0.1, 0.15) is 11.1 Å². The fourth-order valence-electron chi connectivity index (χ4n) is 2.75. The summed E-state index contributed by atoms with van der Waals surface area (Å²) in [6.45, 7) is 1.35. The second-order valence-corrected chi connectivity index (χ2v) is 6.12. The summed E-state index contributed by atoms with van der Waals surface area (Å²) in [5.41, 5.74) is 2.45. The second kappa shape index (κ2) is 7.90. The van der Waals surface area contributed by atoms with Gasteiger partial charge in [0, 0.05) is 6.54 Å². The van der Waals surface area contributed by atoms with E-state index in [1.165, 1.54) is 21.9 Å². The van der Waals surface area contributed by atoms with E-state index in [1.54, 1.807) is 5.01 Å². The summed E-state index contributed by atoms with van der Waals surface area (Å²) >= 11 is 5.40. The van der Waals surface area contributed by atoms with E-state index in [9.17, 15) is 0 Å². The van der Waals surface area contributed by atoms with Crippen molar-refractivity contribution in [3.63, 3.8) is 0 Å². The van der Waals surface area contributed by atoms with Crippen LogP contribution in [-0.4, -0.2) is 16.7 Å². The number of nitrogens with zero attached hydrogens (tertiary/aromatic N) is 1. The fourth-order valence-corrected chi connectivity index (χ4v) is 2.91.